The summed E-state index contributed by atoms with van der Waals surface area (Å²) in [4.78, 5) is 33.8. The lowest BCUT2D eigenvalue weighted by molar-refractivity contribution is -0.131. The first kappa shape index (κ1) is 22.7. The van der Waals surface area contributed by atoms with Crippen LogP contribution in [-0.4, -0.2) is 56.9 Å². The molecule has 1 atom stereocenters. The van der Waals surface area contributed by atoms with Crippen LogP contribution in [0.2, 0.25) is 0 Å². The lowest BCUT2D eigenvalue weighted by Crippen LogP contribution is -2.43. The number of nitriles is 1. The number of benzene rings is 1. The van der Waals surface area contributed by atoms with Gasteiger partial charge in [-0.1, -0.05) is 24.3 Å². The summed E-state index contributed by atoms with van der Waals surface area (Å²) in [6, 6.07) is 7.96. The fourth-order valence-corrected chi connectivity index (χ4v) is 4.29. The number of aromatic amines is 1. The molecule has 2 aromatic heterocycles. The predicted molar refractivity (Wildman–Crippen MR) is 115 cm³/mol. The molecule has 1 saturated heterocycles. The first-order chi connectivity index (χ1) is 15.7. The average molecular weight is 491 g/mol. The van der Waals surface area contributed by atoms with E-state index >= 15 is 0 Å². The molecule has 3 aromatic rings. The number of nitrogens with one attached hydrogen (secondary N) is 2. The standard InChI is InChI=1S/C20H16F2N6O3S2/c21-20(22)6-13(7-23)28(10-20)16(29)8-24-18(30)14-9-33-15(25-14)5-11-1-3-12(4-2-11)17-26-19(32)31-27-17/h1-4,9,13H,5-6,8,10H2,(H,24,30)(H,26,27,32)/t13-/m0/s1. The molecule has 1 aromatic carbocycles. The van der Waals surface area contributed by atoms with Gasteiger partial charge < -0.3 is 14.7 Å². The highest BCUT2D eigenvalue weighted by atomic mass is 32.1. The number of carbonyl (C=O) groups excluding carboxylic acids is 2. The number of halogens is 2. The van der Waals surface area contributed by atoms with Gasteiger partial charge in [0, 0.05) is 23.8 Å². The Balaban J connectivity index is 1.32. The Morgan fingerprint density at radius 3 is 2.79 bits per heavy atom. The molecule has 2 amide bonds. The molecule has 1 aliphatic heterocycles. The summed E-state index contributed by atoms with van der Waals surface area (Å²) < 4.78 is 31.9. The van der Waals surface area contributed by atoms with Crippen molar-refractivity contribution in [3.8, 4) is 17.5 Å². The van der Waals surface area contributed by atoms with Crippen LogP contribution in [0.5, 0.6) is 0 Å². The molecular weight excluding hydrogens is 474 g/mol. The molecule has 0 saturated carbocycles. The highest BCUT2D eigenvalue weighted by Crippen LogP contribution is 2.31. The van der Waals surface area contributed by atoms with Gasteiger partial charge in [0.1, 0.15) is 11.7 Å². The molecule has 13 heteroatoms. The molecule has 9 nitrogen and oxygen atoms in total. The van der Waals surface area contributed by atoms with Crippen molar-refractivity contribution in [1.29, 1.82) is 5.26 Å². The summed E-state index contributed by atoms with van der Waals surface area (Å²) in [7, 11) is 0. The van der Waals surface area contributed by atoms with Crippen molar-refractivity contribution in [3.63, 3.8) is 0 Å². The normalized spacial score (nSPS) is 17.0. The van der Waals surface area contributed by atoms with Gasteiger partial charge in [0.2, 0.25) is 5.91 Å². The van der Waals surface area contributed by atoms with Crippen molar-refractivity contribution < 1.29 is 22.9 Å². The highest BCUT2D eigenvalue weighted by molar-refractivity contribution is 7.71. The average Bonchev–Trinajstić information content (AvgIpc) is 3.51. The molecule has 0 bridgehead atoms. The lowest BCUT2D eigenvalue weighted by Gasteiger charge is -2.19. The number of carbonyl (C=O) groups is 2. The van der Waals surface area contributed by atoms with Crippen LogP contribution in [0.4, 0.5) is 8.78 Å². The molecule has 0 unspecified atom stereocenters. The van der Waals surface area contributed by atoms with Crippen molar-refractivity contribution in [1.82, 2.24) is 25.3 Å². The number of aromatic nitrogens is 3. The van der Waals surface area contributed by atoms with E-state index in [1.165, 1.54) is 11.3 Å². The Kier molecular flexibility index (Phi) is 6.30. The third-order valence-electron chi connectivity index (χ3n) is 4.94. The van der Waals surface area contributed by atoms with E-state index in [1.54, 1.807) is 11.4 Å². The van der Waals surface area contributed by atoms with Gasteiger partial charge in [0.15, 0.2) is 5.82 Å². The van der Waals surface area contributed by atoms with Gasteiger partial charge >= 0.3 is 4.84 Å². The maximum absolute atomic E-state index is 13.5. The number of hydrogen-bond acceptors (Lipinski definition) is 8. The fourth-order valence-electron chi connectivity index (χ4n) is 3.35. The van der Waals surface area contributed by atoms with Gasteiger partial charge in [0.25, 0.3) is 11.8 Å². The minimum Gasteiger partial charge on any atom is -0.348 e. The van der Waals surface area contributed by atoms with E-state index in [2.05, 4.69) is 20.4 Å². The van der Waals surface area contributed by atoms with E-state index in [-0.39, 0.29) is 10.5 Å². The molecule has 4 rings (SSSR count). The van der Waals surface area contributed by atoms with Gasteiger partial charge in [0.05, 0.1) is 24.2 Å². The molecule has 170 valence electrons. The summed E-state index contributed by atoms with van der Waals surface area (Å²) in [5.74, 6) is -3.92. The van der Waals surface area contributed by atoms with Crippen molar-refractivity contribution in [2.45, 2.75) is 24.8 Å². The second-order valence-electron chi connectivity index (χ2n) is 7.34. The highest BCUT2D eigenvalue weighted by Gasteiger charge is 2.47. The van der Waals surface area contributed by atoms with Gasteiger partial charge in [-0.05, 0) is 17.8 Å². The Bertz CT molecular complexity index is 1280. The Labute approximate surface area is 195 Å². The van der Waals surface area contributed by atoms with Gasteiger partial charge in [-0.15, -0.1) is 11.3 Å². The summed E-state index contributed by atoms with van der Waals surface area (Å²) in [5, 5.41) is 16.2. The number of H-pyrrole nitrogens is 1. The molecule has 2 N–H and O–H groups in total. The van der Waals surface area contributed by atoms with Gasteiger partial charge in [-0.3, -0.25) is 9.59 Å². The maximum Gasteiger partial charge on any atom is 0.314 e. The van der Waals surface area contributed by atoms with E-state index in [9.17, 15) is 18.4 Å². The Morgan fingerprint density at radius 1 is 1.36 bits per heavy atom. The molecule has 3 heterocycles. The fraction of sp³-hybridized carbons (Fsp3) is 0.300. The predicted octanol–water partition coefficient (Wildman–Crippen LogP) is 2.94. The number of hydrogen-bond donors (Lipinski definition) is 2. The summed E-state index contributed by atoms with van der Waals surface area (Å²) in [6.45, 7) is -1.32. The van der Waals surface area contributed by atoms with Crippen LogP contribution in [0.3, 0.4) is 0 Å². The third kappa shape index (κ3) is 5.29. The van der Waals surface area contributed by atoms with E-state index in [1.807, 2.05) is 24.3 Å². The van der Waals surface area contributed by atoms with Crippen LogP contribution >= 0.6 is 23.6 Å². The number of rotatable bonds is 6. The van der Waals surface area contributed by atoms with E-state index < -0.39 is 43.3 Å². The smallest absolute Gasteiger partial charge is 0.314 e. The topological polar surface area (TPSA) is 128 Å². The van der Waals surface area contributed by atoms with Crippen molar-refractivity contribution >= 4 is 35.4 Å². The van der Waals surface area contributed by atoms with Crippen LogP contribution in [0.25, 0.3) is 11.4 Å². The van der Waals surface area contributed by atoms with Crippen LogP contribution in [0.1, 0.15) is 27.5 Å². The van der Waals surface area contributed by atoms with Crippen molar-refractivity contribution in [3.05, 3.63) is 50.7 Å². The minimum atomic E-state index is -3.11. The first-order valence-electron chi connectivity index (χ1n) is 9.68. The molecular formula is C20H16F2N6O3S2. The second kappa shape index (κ2) is 9.16. The van der Waals surface area contributed by atoms with Crippen LogP contribution < -0.4 is 5.32 Å². The molecule has 0 radical (unpaired) electrons. The lowest BCUT2D eigenvalue weighted by atomic mass is 10.1. The van der Waals surface area contributed by atoms with Crippen LogP contribution in [0.15, 0.2) is 34.2 Å². The first-order valence-corrected chi connectivity index (χ1v) is 11.0. The second-order valence-corrected chi connectivity index (χ2v) is 8.63. The number of amides is 2. The summed E-state index contributed by atoms with van der Waals surface area (Å²) >= 11 is 6.12. The van der Waals surface area contributed by atoms with Crippen molar-refractivity contribution in [2.24, 2.45) is 0 Å². The monoisotopic (exact) mass is 490 g/mol. The third-order valence-corrected chi connectivity index (χ3v) is 5.97. The zero-order valence-corrected chi connectivity index (χ0v) is 18.5. The number of thiazole rings is 1. The van der Waals surface area contributed by atoms with Crippen LogP contribution in [0, 0.1) is 16.2 Å². The molecule has 33 heavy (non-hydrogen) atoms. The maximum atomic E-state index is 13.5. The van der Waals surface area contributed by atoms with E-state index in [4.69, 9.17) is 22.0 Å². The Morgan fingerprint density at radius 2 is 2.12 bits per heavy atom. The zero-order chi connectivity index (χ0) is 23.6. The minimum absolute atomic E-state index is 0.118. The van der Waals surface area contributed by atoms with Crippen molar-refractivity contribution in [2.75, 3.05) is 13.1 Å². The number of nitrogens with zero attached hydrogens (tertiary/aromatic N) is 4. The van der Waals surface area contributed by atoms with Gasteiger partial charge in [-0.25, -0.2) is 18.9 Å². The van der Waals surface area contributed by atoms with E-state index in [0.717, 1.165) is 16.0 Å². The van der Waals surface area contributed by atoms with Crippen LogP contribution in [-0.2, 0) is 11.2 Å². The molecule has 1 fully saturated rings. The molecule has 1 aliphatic rings. The Hall–Kier alpha value is -3.50. The van der Waals surface area contributed by atoms with E-state index in [0.29, 0.717) is 17.3 Å². The number of likely N-dealkylation sites (tertiary alicyclic amines) is 1. The molecule has 0 spiro atoms. The zero-order valence-electron chi connectivity index (χ0n) is 16.9. The van der Waals surface area contributed by atoms with Gasteiger partial charge in [-0.2, -0.15) is 10.2 Å². The largest absolute Gasteiger partial charge is 0.348 e. The number of alkyl halides is 2. The quantitative estimate of drug-likeness (QED) is 0.509. The molecule has 0 aliphatic carbocycles. The summed E-state index contributed by atoms with van der Waals surface area (Å²) in [5.41, 5.74) is 1.88. The SMILES string of the molecule is N#C[C@@H]1CC(F)(F)CN1C(=O)CNC(=O)c1csc(Cc2ccc(-c3nc(=S)o[nH]3)cc2)n1. The summed E-state index contributed by atoms with van der Waals surface area (Å²) in [6.07, 6.45) is -0.218.